The van der Waals surface area contributed by atoms with Crippen molar-refractivity contribution in [2.75, 3.05) is 38.1 Å². The van der Waals surface area contributed by atoms with Crippen LogP contribution in [0.25, 0.3) is 5.69 Å². The van der Waals surface area contributed by atoms with E-state index in [0.717, 1.165) is 43.7 Å². The van der Waals surface area contributed by atoms with Crippen molar-refractivity contribution in [3.8, 4) is 5.69 Å². The van der Waals surface area contributed by atoms with Crippen LogP contribution in [0.5, 0.6) is 0 Å². The number of hydrogen-bond donors (Lipinski definition) is 1. The standard InChI is InChI=1S/C21H24FN7/c1-23-21(24-15-20-26-25-16-29(20)17-7-3-2-4-8-17)28-13-11-27(12-14-28)19-10-6-5-9-18(19)22/h2-10,16H,11-15H2,1H3,(H,23,24). The molecular formula is C21H24FN7. The number of guanidine groups is 1. The Hall–Kier alpha value is -3.42. The van der Waals surface area contributed by atoms with E-state index in [1.54, 1.807) is 19.4 Å². The molecule has 8 heteroatoms. The van der Waals surface area contributed by atoms with Gasteiger partial charge in [-0.05, 0) is 24.3 Å². The van der Waals surface area contributed by atoms with Crippen LogP contribution in [0.4, 0.5) is 10.1 Å². The minimum Gasteiger partial charge on any atom is -0.366 e. The normalized spacial score (nSPS) is 14.9. The average Bonchev–Trinajstić information content (AvgIpc) is 3.24. The Bertz CT molecular complexity index is 962. The molecule has 1 aromatic heterocycles. The fourth-order valence-corrected chi connectivity index (χ4v) is 3.54. The molecule has 1 N–H and O–H groups in total. The molecular weight excluding hydrogens is 369 g/mol. The fraction of sp³-hybridized carbons (Fsp3) is 0.286. The first kappa shape index (κ1) is 18.9. The Morgan fingerprint density at radius 1 is 1.03 bits per heavy atom. The molecule has 2 heterocycles. The molecule has 29 heavy (non-hydrogen) atoms. The third-order valence-corrected chi connectivity index (χ3v) is 5.04. The molecule has 1 saturated heterocycles. The number of nitrogens with zero attached hydrogens (tertiary/aromatic N) is 6. The summed E-state index contributed by atoms with van der Waals surface area (Å²) in [4.78, 5) is 8.67. The first-order valence-corrected chi connectivity index (χ1v) is 9.65. The van der Waals surface area contributed by atoms with E-state index >= 15 is 0 Å². The van der Waals surface area contributed by atoms with Gasteiger partial charge in [-0.25, -0.2) is 4.39 Å². The molecule has 0 amide bonds. The van der Waals surface area contributed by atoms with E-state index in [1.807, 2.05) is 47.0 Å². The molecule has 3 aromatic rings. The van der Waals surface area contributed by atoms with Crippen LogP contribution in [0.3, 0.4) is 0 Å². The Kier molecular flexibility index (Phi) is 5.69. The molecule has 1 fully saturated rings. The van der Waals surface area contributed by atoms with Gasteiger partial charge in [-0.15, -0.1) is 10.2 Å². The van der Waals surface area contributed by atoms with Crippen LogP contribution in [0.2, 0.25) is 0 Å². The molecule has 150 valence electrons. The molecule has 0 unspecified atom stereocenters. The largest absolute Gasteiger partial charge is 0.366 e. The molecule has 0 radical (unpaired) electrons. The number of anilines is 1. The number of aromatic nitrogens is 3. The monoisotopic (exact) mass is 393 g/mol. The van der Waals surface area contributed by atoms with E-state index in [0.29, 0.717) is 12.2 Å². The summed E-state index contributed by atoms with van der Waals surface area (Å²) < 4.78 is 16.0. The van der Waals surface area contributed by atoms with Gasteiger partial charge in [0.15, 0.2) is 11.8 Å². The molecule has 4 rings (SSSR count). The van der Waals surface area contributed by atoms with E-state index in [4.69, 9.17) is 0 Å². The lowest BCUT2D eigenvalue weighted by Gasteiger charge is -2.37. The smallest absolute Gasteiger partial charge is 0.194 e. The van der Waals surface area contributed by atoms with Gasteiger partial charge in [0.25, 0.3) is 0 Å². The number of rotatable bonds is 4. The predicted octanol–water partition coefficient (Wildman–Crippen LogP) is 2.30. The first-order chi connectivity index (χ1) is 14.3. The molecule has 1 aliphatic heterocycles. The van der Waals surface area contributed by atoms with Crippen molar-refractivity contribution in [2.24, 2.45) is 4.99 Å². The summed E-state index contributed by atoms with van der Waals surface area (Å²) >= 11 is 0. The van der Waals surface area contributed by atoms with Gasteiger partial charge in [-0.3, -0.25) is 9.56 Å². The molecule has 2 aromatic carbocycles. The zero-order valence-corrected chi connectivity index (χ0v) is 16.4. The van der Waals surface area contributed by atoms with E-state index in [-0.39, 0.29) is 5.82 Å². The van der Waals surface area contributed by atoms with Gasteiger partial charge in [-0.1, -0.05) is 30.3 Å². The SMILES string of the molecule is CN=C(NCc1nncn1-c1ccccc1)N1CCN(c2ccccc2F)CC1. The van der Waals surface area contributed by atoms with Gasteiger partial charge >= 0.3 is 0 Å². The lowest BCUT2D eigenvalue weighted by Crippen LogP contribution is -2.52. The number of aliphatic imine (C=N–C) groups is 1. The summed E-state index contributed by atoms with van der Waals surface area (Å²) in [6.45, 7) is 3.51. The highest BCUT2D eigenvalue weighted by Gasteiger charge is 2.21. The lowest BCUT2D eigenvalue weighted by molar-refractivity contribution is 0.370. The van der Waals surface area contributed by atoms with Crippen molar-refractivity contribution >= 4 is 11.6 Å². The fourth-order valence-electron chi connectivity index (χ4n) is 3.54. The number of benzene rings is 2. The summed E-state index contributed by atoms with van der Waals surface area (Å²) in [5.74, 6) is 1.44. The second-order valence-corrected chi connectivity index (χ2v) is 6.78. The third kappa shape index (κ3) is 4.21. The molecule has 0 saturated carbocycles. The van der Waals surface area contributed by atoms with Gasteiger partial charge < -0.3 is 15.1 Å². The minimum atomic E-state index is -0.177. The maximum atomic E-state index is 14.0. The number of halogens is 1. The lowest BCUT2D eigenvalue weighted by atomic mass is 10.2. The maximum Gasteiger partial charge on any atom is 0.194 e. The Morgan fingerprint density at radius 3 is 2.48 bits per heavy atom. The van der Waals surface area contributed by atoms with Gasteiger partial charge in [0, 0.05) is 38.9 Å². The highest BCUT2D eigenvalue weighted by atomic mass is 19.1. The van der Waals surface area contributed by atoms with E-state index < -0.39 is 0 Å². The quantitative estimate of drug-likeness (QED) is 0.544. The number of piperazine rings is 1. The van der Waals surface area contributed by atoms with Crippen LogP contribution >= 0.6 is 0 Å². The average molecular weight is 393 g/mol. The van der Waals surface area contributed by atoms with Gasteiger partial charge in [0.1, 0.15) is 12.1 Å². The number of para-hydroxylation sites is 2. The molecule has 1 aliphatic rings. The highest BCUT2D eigenvalue weighted by molar-refractivity contribution is 5.80. The Labute approximate surface area is 169 Å². The van der Waals surface area contributed by atoms with Crippen molar-refractivity contribution in [2.45, 2.75) is 6.54 Å². The van der Waals surface area contributed by atoms with Crippen LogP contribution in [-0.4, -0.2) is 58.9 Å². The molecule has 0 spiro atoms. The van der Waals surface area contributed by atoms with Gasteiger partial charge in [0.05, 0.1) is 12.2 Å². The van der Waals surface area contributed by atoms with Crippen LogP contribution in [0.15, 0.2) is 65.9 Å². The van der Waals surface area contributed by atoms with Crippen molar-refractivity contribution < 1.29 is 4.39 Å². The van der Waals surface area contributed by atoms with E-state index in [1.165, 1.54) is 6.07 Å². The molecule has 0 bridgehead atoms. The van der Waals surface area contributed by atoms with Crippen molar-refractivity contribution in [3.05, 3.63) is 72.6 Å². The number of hydrogen-bond acceptors (Lipinski definition) is 4. The van der Waals surface area contributed by atoms with Crippen LogP contribution in [0.1, 0.15) is 5.82 Å². The van der Waals surface area contributed by atoms with E-state index in [2.05, 4.69) is 30.3 Å². The van der Waals surface area contributed by atoms with E-state index in [9.17, 15) is 4.39 Å². The van der Waals surface area contributed by atoms with Crippen molar-refractivity contribution in [1.82, 2.24) is 25.0 Å². The maximum absolute atomic E-state index is 14.0. The van der Waals surface area contributed by atoms with Crippen LogP contribution in [0, 0.1) is 5.82 Å². The zero-order valence-electron chi connectivity index (χ0n) is 16.4. The van der Waals surface area contributed by atoms with Gasteiger partial charge in [-0.2, -0.15) is 0 Å². The third-order valence-electron chi connectivity index (χ3n) is 5.04. The topological polar surface area (TPSA) is 61.6 Å². The zero-order chi connectivity index (χ0) is 20.1. The Balaban J connectivity index is 1.37. The molecule has 0 aliphatic carbocycles. The van der Waals surface area contributed by atoms with Crippen molar-refractivity contribution in [3.63, 3.8) is 0 Å². The summed E-state index contributed by atoms with van der Waals surface area (Å²) in [5, 5.41) is 11.7. The summed E-state index contributed by atoms with van der Waals surface area (Å²) in [6.07, 6.45) is 1.71. The second-order valence-electron chi connectivity index (χ2n) is 6.78. The molecule has 7 nitrogen and oxygen atoms in total. The highest BCUT2D eigenvalue weighted by Crippen LogP contribution is 2.20. The second kappa shape index (κ2) is 8.72. The first-order valence-electron chi connectivity index (χ1n) is 9.65. The summed E-state index contributed by atoms with van der Waals surface area (Å²) in [5.41, 5.74) is 1.67. The minimum absolute atomic E-state index is 0.177. The van der Waals surface area contributed by atoms with Crippen LogP contribution in [-0.2, 0) is 6.54 Å². The van der Waals surface area contributed by atoms with Crippen LogP contribution < -0.4 is 10.2 Å². The molecule has 0 atom stereocenters. The number of nitrogens with one attached hydrogen (secondary N) is 1. The summed E-state index contributed by atoms with van der Waals surface area (Å²) in [6, 6.07) is 16.9. The predicted molar refractivity (Wildman–Crippen MR) is 112 cm³/mol. The Morgan fingerprint density at radius 2 is 1.76 bits per heavy atom. The van der Waals surface area contributed by atoms with Gasteiger partial charge in [0.2, 0.25) is 0 Å². The van der Waals surface area contributed by atoms with Crippen molar-refractivity contribution in [1.29, 1.82) is 0 Å². The summed E-state index contributed by atoms with van der Waals surface area (Å²) in [7, 11) is 1.77.